The predicted octanol–water partition coefficient (Wildman–Crippen LogP) is 2.66. The normalized spacial score (nSPS) is 14.4. The Balaban J connectivity index is 2.66. The average molecular weight is 219 g/mol. The molecular formula is C14H21NO. The molecule has 0 aliphatic heterocycles. The van der Waals surface area contributed by atoms with Crippen molar-refractivity contribution < 1.29 is 5.11 Å². The van der Waals surface area contributed by atoms with Crippen LogP contribution in [0.2, 0.25) is 0 Å². The van der Waals surface area contributed by atoms with Crippen LogP contribution in [0.4, 0.5) is 0 Å². The SMILES string of the molecule is C=CCCC(N[C@@H](C)CO)c1ccccc1. The van der Waals surface area contributed by atoms with E-state index in [2.05, 4.69) is 24.0 Å². The highest BCUT2D eigenvalue weighted by atomic mass is 16.3. The summed E-state index contributed by atoms with van der Waals surface area (Å²) in [4.78, 5) is 0. The second kappa shape index (κ2) is 7.20. The maximum absolute atomic E-state index is 9.07. The van der Waals surface area contributed by atoms with Gasteiger partial charge in [-0.25, -0.2) is 0 Å². The summed E-state index contributed by atoms with van der Waals surface area (Å²) in [6, 6.07) is 10.7. The number of rotatable bonds is 7. The first kappa shape index (κ1) is 12.9. The van der Waals surface area contributed by atoms with Gasteiger partial charge in [0.05, 0.1) is 6.61 Å². The summed E-state index contributed by atoms with van der Waals surface area (Å²) in [5.41, 5.74) is 1.27. The number of allylic oxidation sites excluding steroid dienone is 1. The molecule has 0 aliphatic rings. The highest BCUT2D eigenvalue weighted by Gasteiger charge is 2.12. The van der Waals surface area contributed by atoms with Gasteiger partial charge in [-0.15, -0.1) is 6.58 Å². The Morgan fingerprint density at radius 3 is 2.62 bits per heavy atom. The predicted molar refractivity (Wildman–Crippen MR) is 68.3 cm³/mol. The summed E-state index contributed by atoms with van der Waals surface area (Å²) in [5, 5.41) is 12.5. The van der Waals surface area contributed by atoms with E-state index in [0.29, 0.717) is 6.04 Å². The van der Waals surface area contributed by atoms with Gasteiger partial charge in [0.1, 0.15) is 0 Å². The third-order valence-corrected chi connectivity index (χ3v) is 2.62. The quantitative estimate of drug-likeness (QED) is 0.691. The smallest absolute Gasteiger partial charge is 0.0582 e. The van der Waals surface area contributed by atoms with Gasteiger partial charge in [-0.05, 0) is 25.3 Å². The first-order valence-electron chi connectivity index (χ1n) is 5.80. The van der Waals surface area contributed by atoms with Crippen LogP contribution in [0.1, 0.15) is 31.4 Å². The molecule has 0 aliphatic carbocycles. The zero-order valence-electron chi connectivity index (χ0n) is 9.89. The van der Waals surface area contributed by atoms with Gasteiger partial charge in [0.2, 0.25) is 0 Å². The average Bonchev–Trinajstić information content (AvgIpc) is 2.35. The standard InChI is InChI=1S/C14H21NO/c1-3-4-10-14(15-12(2)11-16)13-8-6-5-7-9-13/h3,5-9,12,14-16H,1,4,10-11H2,2H3/t12-,14?/m0/s1. The van der Waals surface area contributed by atoms with Gasteiger partial charge < -0.3 is 10.4 Å². The van der Waals surface area contributed by atoms with Crippen LogP contribution in [0.15, 0.2) is 43.0 Å². The molecule has 0 spiro atoms. The van der Waals surface area contributed by atoms with E-state index in [1.165, 1.54) is 5.56 Å². The molecule has 0 fully saturated rings. The van der Waals surface area contributed by atoms with Gasteiger partial charge in [0.25, 0.3) is 0 Å². The van der Waals surface area contributed by atoms with E-state index in [1.54, 1.807) is 0 Å². The molecule has 0 aromatic heterocycles. The number of benzene rings is 1. The molecule has 2 nitrogen and oxygen atoms in total. The van der Waals surface area contributed by atoms with Crippen LogP contribution in [-0.4, -0.2) is 17.8 Å². The molecule has 16 heavy (non-hydrogen) atoms. The van der Waals surface area contributed by atoms with E-state index >= 15 is 0 Å². The summed E-state index contributed by atoms with van der Waals surface area (Å²) in [6.07, 6.45) is 3.92. The van der Waals surface area contributed by atoms with Gasteiger partial charge in [-0.2, -0.15) is 0 Å². The van der Waals surface area contributed by atoms with Crippen molar-refractivity contribution in [2.75, 3.05) is 6.61 Å². The second-order valence-electron chi connectivity index (χ2n) is 4.08. The Labute approximate surface area is 98.0 Å². The maximum Gasteiger partial charge on any atom is 0.0582 e. The van der Waals surface area contributed by atoms with Crippen LogP contribution in [0.5, 0.6) is 0 Å². The molecule has 2 heteroatoms. The van der Waals surface area contributed by atoms with Crippen LogP contribution in [0, 0.1) is 0 Å². The van der Waals surface area contributed by atoms with E-state index in [9.17, 15) is 0 Å². The minimum Gasteiger partial charge on any atom is -0.395 e. The van der Waals surface area contributed by atoms with Gasteiger partial charge in [0, 0.05) is 12.1 Å². The molecule has 0 saturated carbocycles. The van der Waals surface area contributed by atoms with Crippen LogP contribution < -0.4 is 5.32 Å². The lowest BCUT2D eigenvalue weighted by Gasteiger charge is -2.22. The number of hydrogen-bond donors (Lipinski definition) is 2. The van der Waals surface area contributed by atoms with Gasteiger partial charge in [0.15, 0.2) is 0 Å². The Kier molecular flexibility index (Phi) is 5.83. The lowest BCUT2D eigenvalue weighted by Crippen LogP contribution is -2.33. The van der Waals surface area contributed by atoms with Crippen molar-refractivity contribution in [1.29, 1.82) is 0 Å². The van der Waals surface area contributed by atoms with Crippen molar-refractivity contribution in [3.05, 3.63) is 48.6 Å². The molecular weight excluding hydrogens is 198 g/mol. The zero-order valence-corrected chi connectivity index (χ0v) is 9.89. The van der Waals surface area contributed by atoms with Gasteiger partial charge >= 0.3 is 0 Å². The van der Waals surface area contributed by atoms with E-state index in [4.69, 9.17) is 5.11 Å². The minimum atomic E-state index is 0.120. The molecule has 1 aromatic carbocycles. The van der Waals surface area contributed by atoms with Crippen LogP contribution in [0.25, 0.3) is 0 Å². The third-order valence-electron chi connectivity index (χ3n) is 2.62. The van der Waals surface area contributed by atoms with Crippen molar-refractivity contribution >= 4 is 0 Å². The molecule has 0 heterocycles. The number of nitrogens with one attached hydrogen (secondary N) is 1. The minimum absolute atomic E-state index is 0.120. The lowest BCUT2D eigenvalue weighted by atomic mass is 10.0. The van der Waals surface area contributed by atoms with Crippen molar-refractivity contribution in [1.82, 2.24) is 5.32 Å². The van der Waals surface area contributed by atoms with E-state index < -0.39 is 0 Å². The van der Waals surface area contributed by atoms with Crippen molar-refractivity contribution in [3.63, 3.8) is 0 Å². The summed E-state index contributed by atoms with van der Waals surface area (Å²) in [7, 11) is 0. The molecule has 1 aromatic rings. The third kappa shape index (κ3) is 4.17. The van der Waals surface area contributed by atoms with Crippen LogP contribution >= 0.6 is 0 Å². The first-order valence-corrected chi connectivity index (χ1v) is 5.80. The van der Waals surface area contributed by atoms with E-state index in [1.807, 2.05) is 31.2 Å². The zero-order chi connectivity index (χ0) is 11.8. The lowest BCUT2D eigenvalue weighted by molar-refractivity contribution is 0.239. The molecule has 2 N–H and O–H groups in total. The fourth-order valence-corrected chi connectivity index (χ4v) is 1.71. The molecule has 2 atom stereocenters. The molecule has 88 valence electrons. The highest BCUT2D eigenvalue weighted by Crippen LogP contribution is 2.18. The van der Waals surface area contributed by atoms with E-state index in [-0.39, 0.29) is 12.6 Å². The summed E-state index contributed by atoms with van der Waals surface area (Å²) < 4.78 is 0. The maximum atomic E-state index is 9.07. The van der Waals surface area contributed by atoms with Crippen molar-refractivity contribution in [2.24, 2.45) is 0 Å². The number of aliphatic hydroxyl groups excluding tert-OH is 1. The number of hydrogen-bond acceptors (Lipinski definition) is 2. The number of aliphatic hydroxyl groups is 1. The Morgan fingerprint density at radius 2 is 2.06 bits per heavy atom. The Hall–Kier alpha value is -1.12. The molecule has 1 unspecified atom stereocenters. The van der Waals surface area contributed by atoms with Crippen molar-refractivity contribution in [3.8, 4) is 0 Å². The van der Waals surface area contributed by atoms with E-state index in [0.717, 1.165) is 12.8 Å². The van der Waals surface area contributed by atoms with Gasteiger partial charge in [-0.1, -0.05) is 36.4 Å². The largest absolute Gasteiger partial charge is 0.395 e. The molecule has 0 amide bonds. The van der Waals surface area contributed by atoms with Crippen LogP contribution in [0.3, 0.4) is 0 Å². The molecule has 0 saturated heterocycles. The van der Waals surface area contributed by atoms with Gasteiger partial charge in [-0.3, -0.25) is 0 Å². The topological polar surface area (TPSA) is 32.3 Å². The summed E-state index contributed by atoms with van der Waals surface area (Å²) >= 11 is 0. The summed E-state index contributed by atoms with van der Waals surface area (Å²) in [6.45, 7) is 5.90. The summed E-state index contributed by atoms with van der Waals surface area (Å²) in [5.74, 6) is 0. The van der Waals surface area contributed by atoms with Crippen molar-refractivity contribution in [2.45, 2.75) is 31.8 Å². The molecule has 0 radical (unpaired) electrons. The molecule has 0 bridgehead atoms. The van der Waals surface area contributed by atoms with Crippen LogP contribution in [-0.2, 0) is 0 Å². The second-order valence-corrected chi connectivity index (χ2v) is 4.08. The Morgan fingerprint density at radius 1 is 1.38 bits per heavy atom. The highest BCUT2D eigenvalue weighted by molar-refractivity contribution is 5.19. The molecule has 1 rings (SSSR count). The fourth-order valence-electron chi connectivity index (χ4n) is 1.71. The fraction of sp³-hybridized carbons (Fsp3) is 0.429. The first-order chi connectivity index (χ1) is 7.77. The Bertz CT molecular complexity index is 297. The monoisotopic (exact) mass is 219 g/mol.